The molecule has 0 bridgehead atoms. The molecule has 0 radical (unpaired) electrons. The Labute approximate surface area is 153 Å². The molecule has 2 aromatic rings. The van der Waals surface area contributed by atoms with E-state index in [0.29, 0.717) is 37.1 Å². The fourth-order valence-electron chi connectivity index (χ4n) is 3.95. The standard InChI is InChI=1S/C20H25N3O3/c1-25-17-10-6-5-9-16(17)19-21-20(26-22-19)15-12-23(13-15)18(24)11-14-7-3-2-4-8-14/h5-6,9-10,14-15H,2-4,7-8,11-13H2,1H3. The maximum absolute atomic E-state index is 12.4. The van der Waals surface area contributed by atoms with Gasteiger partial charge in [0.15, 0.2) is 0 Å². The molecule has 1 aliphatic carbocycles. The van der Waals surface area contributed by atoms with E-state index in [-0.39, 0.29) is 11.8 Å². The molecule has 2 aliphatic rings. The summed E-state index contributed by atoms with van der Waals surface area (Å²) in [5.41, 5.74) is 0.814. The second kappa shape index (κ2) is 7.48. The van der Waals surface area contributed by atoms with Crippen molar-refractivity contribution < 1.29 is 14.1 Å². The van der Waals surface area contributed by atoms with Gasteiger partial charge in [-0.15, -0.1) is 0 Å². The van der Waals surface area contributed by atoms with Crippen molar-refractivity contribution in [1.29, 1.82) is 0 Å². The van der Waals surface area contributed by atoms with Crippen molar-refractivity contribution in [3.63, 3.8) is 0 Å². The van der Waals surface area contributed by atoms with Gasteiger partial charge in [-0.1, -0.05) is 36.6 Å². The zero-order valence-electron chi connectivity index (χ0n) is 15.2. The molecule has 6 heteroatoms. The molecule has 138 valence electrons. The minimum Gasteiger partial charge on any atom is -0.496 e. The molecular weight excluding hydrogens is 330 g/mol. The van der Waals surface area contributed by atoms with Gasteiger partial charge in [0.05, 0.1) is 18.6 Å². The van der Waals surface area contributed by atoms with E-state index >= 15 is 0 Å². The fourth-order valence-corrected chi connectivity index (χ4v) is 3.95. The number of likely N-dealkylation sites (tertiary alicyclic amines) is 1. The highest BCUT2D eigenvalue weighted by Gasteiger charge is 2.36. The number of amides is 1. The number of hydrogen-bond donors (Lipinski definition) is 0. The lowest BCUT2D eigenvalue weighted by Crippen LogP contribution is -2.49. The summed E-state index contributed by atoms with van der Waals surface area (Å²) in [4.78, 5) is 18.9. The summed E-state index contributed by atoms with van der Waals surface area (Å²) in [6.07, 6.45) is 6.97. The first-order valence-electron chi connectivity index (χ1n) is 9.49. The molecule has 1 aromatic carbocycles. The Morgan fingerprint density at radius 1 is 1.23 bits per heavy atom. The van der Waals surface area contributed by atoms with E-state index in [1.54, 1.807) is 7.11 Å². The number of nitrogens with zero attached hydrogens (tertiary/aromatic N) is 3. The largest absolute Gasteiger partial charge is 0.496 e. The van der Waals surface area contributed by atoms with Gasteiger partial charge >= 0.3 is 0 Å². The fraction of sp³-hybridized carbons (Fsp3) is 0.550. The van der Waals surface area contributed by atoms with E-state index < -0.39 is 0 Å². The van der Waals surface area contributed by atoms with Crippen LogP contribution in [0.1, 0.15) is 50.3 Å². The van der Waals surface area contributed by atoms with Gasteiger partial charge in [-0.3, -0.25) is 4.79 Å². The van der Waals surface area contributed by atoms with Gasteiger partial charge in [0.1, 0.15) is 5.75 Å². The van der Waals surface area contributed by atoms with E-state index in [1.165, 1.54) is 32.1 Å². The van der Waals surface area contributed by atoms with Crippen molar-refractivity contribution in [2.45, 2.75) is 44.4 Å². The van der Waals surface area contributed by atoms with Crippen LogP contribution < -0.4 is 4.74 Å². The van der Waals surface area contributed by atoms with Crippen LogP contribution in [0.25, 0.3) is 11.4 Å². The maximum Gasteiger partial charge on any atom is 0.233 e. The summed E-state index contributed by atoms with van der Waals surface area (Å²) in [6, 6.07) is 7.61. The third kappa shape index (κ3) is 3.45. The first kappa shape index (κ1) is 17.1. The van der Waals surface area contributed by atoms with Crippen LogP contribution in [0.15, 0.2) is 28.8 Å². The van der Waals surface area contributed by atoms with Gasteiger partial charge in [0.25, 0.3) is 0 Å². The molecular formula is C20H25N3O3. The second-order valence-corrected chi connectivity index (χ2v) is 7.36. The second-order valence-electron chi connectivity index (χ2n) is 7.36. The molecule has 1 aromatic heterocycles. The summed E-state index contributed by atoms with van der Waals surface area (Å²) >= 11 is 0. The van der Waals surface area contributed by atoms with E-state index in [4.69, 9.17) is 9.26 Å². The average Bonchev–Trinajstić information content (AvgIpc) is 3.10. The van der Waals surface area contributed by atoms with Crippen LogP contribution in [-0.2, 0) is 4.79 Å². The SMILES string of the molecule is COc1ccccc1-c1noc(C2CN(C(=O)CC3CCCCC3)C2)n1. The molecule has 1 aliphatic heterocycles. The zero-order valence-corrected chi connectivity index (χ0v) is 15.2. The summed E-state index contributed by atoms with van der Waals surface area (Å²) in [6.45, 7) is 1.36. The van der Waals surface area contributed by atoms with Crippen LogP contribution in [-0.4, -0.2) is 41.1 Å². The smallest absolute Gasteiger partial charge is 0.233 e. The topological polar surface area (TPSA) is 68.5 Å². The van der Waals surface area contributed by atoms with Crippen molar-refractivity contribution in [3.8, 4) is 17.1 Å². The van der Waals surface area contributed by atoms with Crippen LogP contribution in [0, 0.1) is 5.92 Å². The molecule has 2 fully saturated rings. The van der Waals surface area contributed by atoms with Crippen LogP contribution in [0.5, 0.6) is 5.75 Å². The van der Waals surface area contributed by atoms with Crippen LogP contribution in [0.4, 0.5) is 0 Å². The Hall–Kier alpha value is -2.37. The third-order valence-corrected chi connectivity index (χ3v) is 5.56. The normalized spacial score (nSPS) is 18.6. The molecule has 0 unspecified atom stereocenters. The van der Waals surface area contributed by atoms with E-state index in [1.807, 2.05) is 29.2 Å². The first-order valence-corrected chi connectivity index (χ1v) is 9.49. The monoisotopic (exact) mass is 355 g/mol. The Morgan fingerprint density at radius 2 is 2.00 bits per heavy atom. The van der Waals surface area contributed by atoms with Crippen LogP contribution in [0.2, 0.25) is 0 Å². The molecule has 0 N–H and O–H groups in total. The Bertz CT molecular complexity index is 761. The van der Waals surface area contributed by atoms with Crippen molar-refractivity contribution in [2.24, 2.45) is 5.92 Å². The summed E-state index contributed by atoms with van der Waals surface area (Å²) in [5.74, 6) is 2.85. The molecule has 1 saturated carbocycles. The van der Waals surface area contributed by atoms with E-state index in [9.17, 15) is 4.79 Å². The van der Waals surface area contributed by atoms with Gasteiger partial charge in [-0.25, -0.2) is 0 Å². The average molecular weight is 355 g/mol. The van der Waals surface area contributed by atoms with E-state index in [0.717, 1.165) is 11.3 Å². The van der Waals surface area contributed by atoms with E-state index in [2.05, 4.69) is 10.1 Å². The highest BCUT2D eigenvalue weighted by molar-refractivity contribution is 5.77. The number of ether oxygens (including phenoxy) is 1. The Kier molecular flexibility index (Phi) is 4.91. The molecule has 0 atom stereocenters. The predicted octanol–water partition coefficient (Wildman–Crippen LogP) is 3.64. The molecule has 2 heterocycles. The minimum absolute atomic E-state index is 0.140. The lowest BCUT2D eigenvalue weighted by molar-refractivity contribution is -0.137. The number of hydrogen-bond acceptors (Lipinski definition) is 5. The van der Waals surface area contributed by atoms with Gasteiger partial charge < -0.3 is 14.2 Å². The number of rotatable bonds is 5. The molecule has 1 saturated heterocycles. The van der Waals surface area contributed by atoms with Crippen molar-refractivity contribution in [1.82, 2.24) is 15.0 Å². The van der Waals surface area contributed by atoms with Gasteiger partial charge in [-0.05, 0) is 30.9 Å². The predicted molar refractivity (Wildman–Crippen MR) is 96.8 cm³/mol. The number of benzene rings is 1. The Morgan fingerprint density at radius 3 is 2.77 bits per heavy atom. The Balaban J connectivity index is 1.34. The van der Waals surface area contributed by atoms with Crippen molar-refractivity contribution in [2.75, 3.05) is 20.2 Å². The highest BCUT2D eigenvalue weighted by Crippen LogP contribution is 2.33. The number of aromatic nitrogens is 2. The number of carbonyl (C=O) groups excluding carboxylic acids is 1. The summed E-state index contributed by atoms with van der Waals surface area (Å²) < 4.78 is 10.8. The molecule has 26 heavy (non-hydrogen) atoms. The first-order chi connectivity index (χ1) is 12.7. The highest BCUT2D eigenvalue weighted by atomic mass is 16.5. The van der Waals surface area contributed by atoms with Crippen LogP contribution in [0.3, 0.4) is 0 Å². The summed E-state index contributed by atoms with van der Waals surface area (Å²) in [7, 11) is 1.63. The lowest BCUT2D eigenvalue weighted by atomic mass is 9.86. The third-order valence-electron chi connectivity index (χ3n) is 5.56. The van der Waals surface area contributed by atoms with Gasteiger partial charge in [0, 0.05) is 19.5 Å². The number of methoxy groups -OCH3 is 1. The number of carbonyl (C=O) groups is 1. The van der Waals surface area contributed by atoms with Crippen LogP contribution >= 0.6 is 0 Å². The maximum atomic E-state index is 12.4. The molecule has 1 amide bonds. The lowest BCUT2D eigenvalue weighted by Gasteiger charge is -2.38. The molecule has 4 rings (SSSR count). The van der Waals surface area contributed by atoms with Crippen molar-refractivity contribution >= 4 is 5.91 Å². The summed E-state index contributed by atoms with van der Waals surface area (Å²) in [5, 5.41) is 4.09. The quantitative estimate of drug-likeness (QED) is 0.819. The number of para-hydroxylation sites is 1. The zero-order chi connectivity index (χ0) is 17.9. The van der Waals surface area contributed by atoms with Crippen molar-refractivity contribution in [3.05, 3.63) is 30.2 Å². The molecule has 0 spiro atoms. The van der Waals surface area contributed by atoms with Gasteiger partial charge in [0.2, 0.25) is 17.6 Å². The van der Waals surface area contributed by atoms with Gasteiger partial charge in [-0.2, -0.15) is 4.98 Å². The molecule has 6 nitrogen and oxygen atoms in total. The minimum atomic E-state index is 0.140.